The molecule has 3 aromatic carbocycles. The summed E-state index contributed by atoms with van der Waals surface area (Å²) in [6.07, 6.45) is -1.64. The fourth-order valence-corrected chi connectivity index (χ4v) is 5.16. The van der Waals surface area contributed by atoms with Crippen LogP contribution in [0.2, 0.25) is 0 Å². The summed E-state index contributed by atoms with van der Waals surface area (Å²) in [6, 6.07) is 19.5. The molecule has 4 rings (SSSR count). The Morgan fingerprint density at radius 1 is 0.955 bits per heavy atom. The molecule has 0 radical (unpaired) electrons. The molecule has 2 N–H and O–H groups in total. The first-order chi connectivity index (χ1) is 20.8. The van der Waals surface area contributed by atoms with Crippen LogP contribution in [0.4, 0.5) is 10.5 Å². The monoisotopic (exact) mass is 603 g/mol. The molecule has 0 saturated carbocycles. The molecule has 0 aliphatic heterocycles. The summed E-state index contributed by atoms with van der Waals surface area (Å²) < 4.78 is 10.9. The Bertz CT molecular complexity index is 1540. The number of amides is 2. The molecule has 12 nitrogen and oxygen atoms in total. The van der Waals surface area contributed by atoms with E-state index in [1.807, 2.05) is 48.5 Å². The van der Waals surface area contributed by atoms with Crippen LogP contribution in [-0.2, 0) is 30.4 Å². The van der Waals surface area contributed by atoms with Crippen molar-refractivity contribution >= 4 is 29.6 Å². The van der Waals surface area contributed by atoms with Gasteiger partial charge in [-0.15, -0.1) is 0 Å². The Hall–Kier alpha value is -5.26. The number of hydrogen-bond acceptors (Lipinski definition) is 8. The second-order valence-corrected chi connectivity index (χ2v) is 11.3. The number of nitrogens with zero attached hydrogens (tertiary/aromatic N) is 2. The van der Waals surface area contributed by atoms with Crippen molar-refractivity contribution in [2.75, 3.05) is 13.2 Å². The van der Waals surface area contributed by atoms with Crippen molar-refractivity contribution in [2.24, 2.45) is 0 Å². The van der Waals surface area contributed by atoms with E-state index in [1.165, 1.54) is 24.3 Å². The van der Waals surface area contributed by atoms with E-state index in [-0.39, 0.29) is 23.8 Å². The maximum absolute atomic E-state index is 13.7. The normalized spacial score (nSPS) is 12.8. The number of esters is 1. The van der Waals surface area contributed by atoms with Crippen molar-refractivity contribution in [2.45, 2.75) is 51.3 Å². The number of nitrogens with one attached hydrogen (secondary N) is 1. The van der Waals surface area contributed by atoms with Crippen molar-refractivity contribution in [3.63, 3.8) is 0 Å². The first-order valence-electron chi connectivity index (χ1n) is 13.9. The van der Waals surface area contributed by atoms with Gasteiger partial charge in [0.2, 0.25) is 5.91 Å². The zero-order valence-electron chi connectivity index (χ0n) is 24.5. The fourth-order valence-electron chi connectivity index (χ4n) is 5.16. The number of benzene rings is 3. The van der Waals surface area contributed by atoms with Crippen LogP contribution >= 0.6 is 0 Å². The highest BCUT2D eigenvalue weighted by molar-refractivity contribution is 5.91. The summed E-state index contributed by atoms with van der Waals surface area (Å²) in [5.74, 6) is -3.44. The molecule has 1 atom stereocenters. The third-order valence-corrected chi connectivity index (χ3v) is 6.91. The van der Waals surface area contributed by atoms with Crippen LogP contribution in [0.25, 0.3) is 11.1 Å². The number of carbonyl (C=O) groups is 4. The summed E-state index contributed by atoms with van der Waals surface area (Å²) >= 11 is 0. The third-order valence-electron chi connectivity index (χ3n) is 6.91. The lowest BCUT2D eigenvalue weighted by Gasteiger charge is -2.27. The topological polar surface area (TPSA) is 165 Å². The lowest BCUT2D eigenvalue weighted by molar-refractivity contribution is -0.385. The number of nitro groups is 1. The number of hydrogen-bond donors (Lipinski definition) is 2. The zero-order chi connectivity index (χ0) is 32.0. The van der Waals surface area contributed by atoms with Crippen LogP contribution in [0.5, 0.6) is 0 Å². The van der Waals surface area contributed by atoms with Gasteiger partial charge < -0.3 is 24.8 Å². The van der Waals surface area contributed by atoms with Gasteiger partial charge in [0.15, 0.2) is 0 Å². The predicted octanol–water partition coefficient (Wildman–Crippen LogP) is 4.65. The van der Waals surface area contributed by atoms with Gasteiger partial charge in [-0.3, -0.25) is 24.5 Å². The number of ether oxygens (including phenoxy) is 2. The van der Waals surface area contributed by atoms with Crippen LogP contribution in [-0.4, -0.2) is 63.7 Å². The van der Waals surface area contributed by atoms with Gasteiger partial charge in [0.05, 0.1) is 17.9 Å². The maximum atomic E-state index is 13.7. The van der Waals surface area contributed by atoms with Crippen molar-refractivity contribution in [3.8, 4) is 11.1 Å². The summed E-state index contributed by atoms with van der Waals surface area (Å²) in [5, 5.41) is 23.5. The minimum absolute atomic E-state index is 0.0672. The minimum atomic E-state index is -1.58. The molecule has 1 aliphatic carbocycles. The molecule has 3 aromatic rings. The Morgan fingerprint density at radius 3 is 2.09 bits per heavy atom. The molecular formula is C32H33N3O9. The summed E-state index contributed by atoms with van der Waals surface area (Å²) in [5.41, 5.74) is 2.84. The van der Waals surface area contributed by atoms with Gasteiger partial charge in [-0.05, 0) is 43.0 Å². The summed E-state index contributed by atoms with van der Waals surface area (Å²) in [4.78, 5) is 63.0. The fraction of sp³-hybridized carbons (Fsp3) is 0.312. The smallest absolute Gasteiger partial charge is 0.407 e. The van der Waals surface area contributed by atoms with E-state index >= 15 is 0 Å². The third kappa shape index (κ3) is 7.77. The minimum Gasteiger partial charge on any atom is -0.480 e. The number of para-hydroxylation sites is 1. The van der Waals surface area contributed by atoms with E-state index in [2.05, 4.69) is 5.32 Å². The molecular weight excluding hydrogens is 570 g/mol. The number of aliphatic carboxylic acids is 1. The summed E-state index contributed by atoms with van der Waals surface area (Å²) in [6.45, 7) is 3.52. The number of carboxylic acid groups (broad SMARTS) is 1. The second kappa shape index (κ2) is 13.4. The SMILES string of the molecule is CC(C)(C)OC(=O)C[C@H](NC(=O)OCC1c2ccccc2-c2ccccc21)C(=O)N(CC(=O)O)Cc1ccccc1[N+](=O)[O-]. The lowest BCUT2D eigenvalue weighted by Crippen LogP contribution is -2.51. The van der Waals surface area contributed by atoms with Gasteiger partial charge in [-0.1, -0.05) is 66.7 Å². The van der Waals surface area contributed by atoms with Crippen molar-refractivity contribution in [3.05, 3.63) is 99.6 Å². The van der Waals surface area contributed by atoms with E-state index in [9.17, 15) is 34.4 Å². The van der Waals surface area contributed by atoms with Gasteiger partial charge in [0, 0.05) is 17.5 Å². The van der Waals surface area contributed by atoms with Gasteiger partial charge in [0.25, 0.3) is 5.69 Å². The highest BCUT2D eigenvalue weighted by atomic mass is 16.6. The van der Waals surface area contributed by atoms with Crippen LogP contribution in [0.1, 0.15) is 49.8 Å². The molecule has 1 aliphatic rings. The van der Waals surface area contributed by atoms with E-state index in [4.69, 9.17) is 9.47 Å². The number of alkyl carbamates (subject to hydrolysis) is 1. The van der Waals surface area contributed by atoms with Gasteiger partial charge in [-0.25, -0.2) is 4.79 Å². The largest absolute Gasteiger partial charge is 0.480 e. The molecule has 230 valence electrons. The molecule has 0 aromatic heterocycles. The van der Waals surface area contributed by atoms with Crippen LogP contribution < -0.4 is 5.32 Å². The molecule has 0 saturated heterocycles. The number of nitro benzene ring substituents is 1. The Labute approximate surface area is 253 Å². The van der Waals surface area contributed by atoms with E-state index < -0.39 is 60.0 Å². The van der Waals surface area contributed by atoms with Gasteiger partial charge >= 0.3 is 18.0 Å². The number of carboxylic acids is 1. The maximum Gasteiger partial charge on any atom is 0.407 e. The molecule has 0 unspecified atom stereocenters. The first kappa shape index (κ1) is 31.7. The molecule has 0 bridgehead atoms. The molecule has 0 spiro atoms. The van der Waals surface area contributed by atoms with Crippen molar-refractivity contribution in [1.29, 1.82) is 0 Å². The van der Waals surface area contributed by atoms with Gasteiger partial charge in [0.1, 0.15) is 24.8 Å². The highest BCUT2D eigenvalue weighted by Gasteiger charge is 2.34. The van der Waals surface area contributed by atoms with Crippen molar-refractivity contribution < 1.29 is 38.7 Å². The second-order valence-electron chi connectivity index (χ2n) is 11.3. The Balaban J connectivity index is 1.55. The van der Waals surface area contributed by atoms with Gasteiger partial charge in [-0.2, -0.15) is 0 Å². The van der Waals surface area contributed by atoms with E-state index in [1.54, 1.807) is 20.8 Å². The molecule has 12 heteroatoms. The van der Waals surface area contributed by atoms with Crippen LogP contribution in [0, 0.1) is 10.1 Å². The number of carbonyl (C=O) groups excluding carboxylic acids is 3. The number of fused-ring (bicyclic) bond motifs is 3. The average Bonchev–Trinajstić information content (AvgIpc) is 3.27. The quantitative estimate of drug-likeness (QED) is 0.180. The average molecular weight is 604 g/mol. The Morgan fingerprint density at radius 2 is 1.52 bits per heavy atom. The summed E-state index contributed by atoms with van der Waals surface area (Å²) in [7, 11) is 0. The lowest BCUT2D eigenvalue weighted by atomic mass is 9.98. The van der Waals surface area contributed by atoms with E-state index in [0.29, 0.717) is 0 Å². The number of rotatable bonds is 11. The first-order valence-corrected chi connectivity index (χ1v) is 13.9. The molecule has 0 fully saturated rings. The highest BCUT2D eigenvalue weighted by Crippen LogP contribution is 2.44. The molecule has 0 heterocycles. The van der Waals surface area contributed by atoms with E-state index in [0.717, 1.165) is 27.2 Å². The Kier molecular flexibility index (Phi) is 9.62. The van der Waals surface area contributed by atoms with Crippen molar-refractivity contribution in [1.82, 2.24) is 10.2 Å². The zero-order valence-corrected chi connectivity index (χ0v) is 24.5. The predicted molar refractivity (Wildman–Crippen MR) is 159 cm³/mol. The van der Waals surface area contributed by atoms with Crippen LogP contribution in [0.15, 0.2) is 72.8 Å². The van der Waals surface area contributed by atoms with Crippen LogP contribution in [0.3, 0.4) is 0 Å². The molecule has 44 heavy (non-hydrogen) atoms. The molecule has 2 amide bonds. The standard InChI is InChI=1S/C32H33N3O9/c1-32(2,3)44-29(38)16-26(30(39)34(18-28(36)37)17-20-10-4-9-15-27(20)35(41)42)33-31(40)43-19-25-23-13-7-5-11-21(23)22-12-6-8-14-24(22)25/h4-15,25-26H,16-19H2,1-3H3,(H,33,40)(H,36,37)/t26-/m0/s1.